The number of aromatic nitrogens is 2. The number of piperidine rings is 1. The molecule has 2 aliphatic heterocycles. The van der Waals surface area contributed by atoms with Gasteiger partial charge in [-0.05, 0) is 49.8 Å². The fraction of sp³-hybridized carbons (Fsp3) is 0.524. The van der Waals surface area contributed by atoms with Crippen LogP contribution in [0.15, 0.2) is 29.6 Å². The molecule has 0 aromatic carbocycles. The maximum atomic E-state index is 13.2. The third kappa shape index (κ3) is 4.58. The Kier molecular flexibility index (Phi) is 6.08. The lowest BCUT2D eigenvalue weighted by molar-refractivity contribution is -0.136. The van der Waals surface area contributed by atoms with Crippen molar-refractivity contribution in [2.24, 2.45) is 5.92 Å². The molecule has 2 amide bonds. The van der Waals surface area contributed by atoms with Crippen molar-refractivity contribution in [3.63, 3.8) is 0 Å². The third-order valence-corrected chi connectivity index (χ3v) is 6.56. The average Bonchev–Trinajstić information content (AvgIpc) is 3.18. The van der Waals surface area contributed by atoms with Crippen molar-refractivity contribution >= 4 is 29.0 Å². The van der Waals surface area contributed by atoms with Gasteiger partial charge in [0.25, 0.3) is 5.91 Å². The minimum absolute atomic E-state index is 0.0532. The van der Waals surface area contributed by atoms with Crippen LogP contribution in [0.5, 0.6) is 0 Å². The summed E-state index contributed by atoms with van der Waals surface area (Å²) in [5.41, 5.74) is 0.902. The molecular weight excluding hydrogens is 386 g/mol. The Morgan fingerprint density at radius 3 is 2.62 bits per heavy atom. The average molecular weight is 414 g/mol. The van der Waals surface area contributed by atoms with Crippen LogP contribution in [0.1, 0.15) is 34.6 Å². The van der Waals surface area contributed by atoms with Gasteiger partial charge in [-0.15, -0.1) is 16.4 Å². The normalized spacial score (nSPS) is 20.4. The largest absolute Gasteiger partial charge is 0.353 e. The maximum Gasteiger partial charge on any atom is 0.263 e. The second kappa shape index (κ2) is 8.90. The Balaban J connectivity index is 1.36. The lowest BCUT2D eigenvalue weighted by Gasteiger charge is -2.34. The summed E-state index contributed by atoms with van der Waals surface area (Å²) in [6.07, 6.45) is 2.65. The molecule has 0 radical (unpaired) electrons. The minimum Gasteiger partial charge on any atom is -0.353 e. The van der Waals surface area contributed by atoms with E-state index >= 15 is 0 Å². The molecule has 0 bridgehead atoms. The highest BCUT2D eigenvalue weighted by Crippen LogP contribution is 2.23. The first kappa shape index (κ1) is 19.8. The van der Waals surface area contributed by atoms with Crippen LogP contribution in [0.25, 0.3) is 0 Å². The van der Waals surface area contributed by atoms with E-state index in [2.05, 4.69) is 15.1 Å². The highest BCUT2D eigenvalue weighted by molar-refractivity contribution is 7.12. The van der Waals surface area contributed by atoms with Crippen LogP contribution in [0.4, 0.5) is 5.82 Å². The second-order valence-corrected chi connectivity index (χ2v) is 8.71. The molecule has 154 valence electrons. The number of anilines is 1. The molecule has 4 heterocycles. The molecule has 1 atom stereocenters. The van der Waals surface area contributed by atoms with Crippen LogP contribution in [0.2, 0.25) is 0 Å². The molecule has 2 saturated heterocycles. The Labute approximate surface area is 175 Å². The summed E-state index contributed by atoms with van der Waals surface area (Å²) >= 11 is 1.46. The number of amides is 2. The molecule has 0 aliphatic carbocycles. The number of rotatable bonds is 3. The van der Waals surface area contributed by atoms with Gasteiger partial charge in [-0.1, -0.05) is 6.07 Å². The number of hydrogen-bond donors (Lipinski definition) is 0. The van der Waals surface area contributed by atoms with E-state index in [-0.39, 0.29) is 17.7 Å². The van der Waals surface area contributed by atoms with Crippen molar-refractivity contribution in [1.82, 2.24) is 20.0 Å². The maximum absolute atomic E-state index is 13.2. The van der Waals surface area contributed by atoms with Gasteiger partial charge in [0.1, 0.15) is 0 Å². The van der Waals surface area contributed by atoms with Crippen LogP contribution in [-0.4, -0.2) is 71.1 Å². The Hall–Kier alpha value is -2.48. The summed E-state index contributed by atoms with van der Waals surface area (Å²) in [7, 11) is 0. The highest BCUT2D eigenvalue weighted by Gasteiger charge is 2.32. The summed E-state index contributed by atoms with van der Waals surface area (Å²) < 4.78 is 0. The molecule has 0 N–H and O–H groups in total. The van der Waals surface area contributed by atoms with E-state index in [9.17, 15) is 9.59 Å². The number of hydrogen-bond acceptors (Lipinski definition) is 6. The van der Waals surface area contributed by atoms with Crippen molar-refractivity contribution in [3.05, 3.63) is 40.2 Å². The molecule has 7 nitrogen and oxygen atoms in total. The zero-order chi connectivity index (χ0) is 20.2. The number of carbonyl (C=O) groups is 2. The van der Waals surface area contributed by atoms with Crippen LogP contribution in [0, 0.1) is 12.8 Å². The van der Waals surface area contributed by atoms with Crippen LogP contribution in [0.3, 0.4) is 0 Å². The van der Waals surface area contributed by atoms with Crippen LogP contribution < -0.4 is 4.90 Å². The predicted molar refractivity (Wildman–Crippen MR) is 113 cm³/mol. The highest BCUT2D eigenvalue weighted by atomic mass is 32.1. The van der Waals surface area contributed by atoms with E-state index in [0.29, 0.717) is 13.1 Å². The van der Waals surface area contributed by atoms with Crippen molar-refractivity contribution in [1.29, 1.82) is 0 Å². The Morgan fingerprint density at radius 2 is 1.86 bits per heavy atom. The van der Waals surface area contributed by atoms with Gasteiger partial charge in [0.15, 0.2) is 5.82 Å². The first-order chi connectivity index (χ1) is 14.1. The zero-order valence-corrected chi connectivity index (χ0v) is 17.6. The number of aryl methyl sites for hydroxylation is 1. The van der Waals surface area contributed by atoms with Gasteiger partial charge in [0.05, 0.1) is 16.5 Å². The summed E-state index contributed by atoms with van der Waals surface area (Å²) in [5, 5.41) is 10.4. The molecule has 2 aromatic rings. The van der Waals surface area contributed by atoms with Gasteiger partial charge >= 0.3 is 0 Å². The number of likely N-dealkylation sites (tertiary alicyclic amines) is 1. The SMILES string of the molecule is Cc1ccc(N2CCCN(C(=O)C3CCCN(C(=O)c4cccs4)C3)CC2)nn1. The van der Waals surface area contributed by atoms with E-state index in [0.717, 1.165) is 61.8 Å². The molecule has 1 unspecified atom stereocenters. The molecule has 2 aromatic heterocycles. The Morgan fingerprint density at radius 1 is 1.00 bits per heavy atom. The van der Waals surface area contributed by atoms with Crippen molar-refractivity contribution < 1.29 is 9.59 Å². The van der Waals surface area contributed by atoms with Gasteiger partial charge in [-0.3, -0.25) is 9.59 Å². The molecule has 2 aliphatic rings. The molecule has 0 spiro atoms. The van der Waals surface area contributed by atoms with E-state index in [1.165, 1.54) is 11.3 Å². The molecule has 8 heteroatoms. The lowest BCUT2D eigenvalue weighted by atomic mass is 9.96. The standard InChI is InChI=1S/C21H27N5O2S/c1-16-7-8-19(23-22-16)24-10-4-11-25(13-12-24)20(27)17-5-2-9-26(15-17)21(28)18-6-3-14-29-18/h3,6-8,14,17H,2,4-5,9-13,15H2,1H3. The van der Waals surface area contributed by atoms with Crippen molar-refractivity contribution in [2.45, 2.75) is 26.2 Å². The fourth-order valence-electron chi connectivity index (χ4n) is 4.10. The molecule has 4 rings (SSSR count). The number of nitrogens with zero attached hydrogens (tertiary/aromatic N) is 5. The van der Waals surface area contributed by atoms with Gasteiger partial charge < -0.3 is 14.7 Å². The van der Waals surface area contributed by atoms with Crippen LogP contribution >= 0.6 is 11.3 Å². The summed E-state index contributed by atoms with van der Waals surface area (Å²) in [5.74, 6) is 1.01. The van der Waals surface area contributed by atoms with Crippen molar-refractivity contribution in [3.8, 4) is 0 Å². The van der Waals surface area contributed by atoms with E-state index in [1.807, 2.05) is 46.4 Å². The fourth-order valence-corrected chi connectivity index (χ4v) is 4.80. The lowest BCUT2D eigenvalue weighted by Crippen LogP contribution is -2.47. The van der Waals surface area contributed by atoms with Gasteiger partial charge in [0.2, 0.25) is 5.91 Å². The van der Waals surface area contributed by atoms with Gasteiger partial charge in [-0.25, -0.2) is 0 Å². The number of thiophene rings is 1. The van der Waals surface area contributed by atoms with Crippen molar-refractivity contribution in [2.75, 3.05) is 44.2 Å². The quantitative estimate of drug-likeness (QED) is 0.773. The van der Waals surface area contributed by atoms with Gasteiger partial charge in [-0.2, -0.15) is 5.10 Å². The molecule has 2 fully saturated rings. The summed E-state index contributed by atoms with van der Waals surface area (Å²) in [6.45, 7) is 6.26. The predicted octanol–water partition coefficient (Wildman–Crippen LogP) is 2.44. The monoisotopic (exact) mass is 413 g/mol. The molecular formula is C21H27N5O2S. The summed E-state index contributed by atoms with van der Waals surface area (Å²) in [6, 6.07) is 7.72. The minimum atomic E-state index is -0.0987. The zero-order valence-electron chi connectivity index (χ0n) is 16.8. The first-order valence-electron chi connectivity index (χ1n) is 10.3. The molecule has 0 saturated carbocycles. The second-order valence-electron chi connectivity index (χ2n) is 7.77. The van der Waals surface area contributed by atoms with Gasteiger partial charge in [0, 0.05) is 39.3 Å². The topological polar surface area (TPSA) is 69.6 Å². The smallest absolute Gasteiger partial charge is 0.263 e. The molecule has 29 heavy (non-hydrogen) atoms. The first-order valence-corrected chi connectivity index (χ1v) is 11.2. The Bertz CT molecular complexity index is 839. The number of carbonyl (C=O) groups excluding carboxylic acids is 2. The van der Waals surface area contributed by atoms with Crippen LogP contribution in [-0.2, 0) is 4.79 Å². The van der Waals surface area contributed by atoms with E-state index < -0.39 is 0 Å². The van der Waals surface area contributed by atoms with E-state index in [1.54, 1.807) is 0 Å². The third-order valence-electron chi connectivity index (χ3n) is 5.71. The summed E-state index contributed by atoms with van der Waals surface area (Å²) in [4.78, 5) is 32.7. The van der Waals surface area contributed by atoms with E-state index in [4.69, 9.17) is 0 Å².